The second-order valence-corrected chi connectivity index (χ2v) is 4.64. The zero-order valence-corrected chi connectivity index (χ0v) is 10.4. The summed E-state index contributed by atoms with van der Waals surface area (Å²) in [4.78, 5) is 11.3. The first kappa shape index (κ1) is 12.7. The maximum absolute atomic E-state index is 11.3. The van der Waals surface area contributed by atoms with E-state index in [2.05, 4.69) is 0 Å². The summed E-state index contributed by atoms with van der Waals surface area (Å²) in [6.07, 6.45) is 4.04. The lowest BCUT2D eigenvalue weighted by atomic mass is 9.94. The van der Waals surface area contributed by atoms with Crippen LogP contribution in [0, 0.1) is 5.92 Å². The fourth-order valence-corrected chi connectivity index (χ4v) is 2.10. The number of halogens is 1. The van der Waals surface area contributed by atoms with Gasteiger partial charge in [0.05, 0.1) is 18.4 Å². The van der Waals surface area contributed by atoms with Crippen LogP contribution in [0.1, 0.15) is 11.1 Å². The third kappa shape index (κ3) is 3.37. The van der Waals surface area contributed by atoms with E-state index in [4.69, 9.17) is 16.0 Å². The van der Waals surface area contributed by atoms with Crippen LogP contribution in [0.25, 0.3) is 0 Å². The molecule has 1 aromatic carbocycles. The minimum atomic E-state index is -0.809. The SMILES string of the molecule is O=C(O)C(Cc1ccoc1)Cc1cccc(Cl)c1. The van der Waals surface area contributed by atoms with E-state index in [9.17, 15) is 9.90 Å². The Hall–Kier alpha value is -1.74. The van der Waals surface area contributed by atoms with Crippen LogP contribution in [-0.4, -0.2) is 11.1 Å². The van der Waals surface area contributed by atoms with E-state index in [0.717, 1.165) is 11.1 Å². The normalized spacial score (nSPS) is 12.3. The molecule has 0 aliphatic heterocycles. The van der Waals surface area contributed by atoms with Gasteiger partial charge in [0.15, 0.2) is 0 Å². The van der Waals surface area contributed by atoms with Crippen LogP contribution < -0.4 is 0 Å². The molecule has 4 heteroatoms. The molecule has 3 nitrogen and oxygen atoms in total. The predicted octanol–water partition coefficient (Wildman–Crippen LogP) is 3.42. The van der Waals surface area contributed by atoms with E-state index in [1.807, 2.05) is 12.1 Å². The maximum Gasteiger partial charge on any atom is 0.307 e. The molecule has 0 bridgehead atoms. The predicted molar refractivity (Wildman–Crippen MR) is 68.7 cm³/mol. The Balaban J connectivity index is 2.09. The molecule has 0 saturated heterocycles. The molecule has 1 atom stereocenters. The van der Waals surface area contributed by atoms with Gasteiger partial charge in [0.25, 0.3) is 0 Å². The standard InChI is InChI=1S/C14H13ClO3/c15-13-3-1-2-10(8-13)6-12(14(16)17)7-11-4-5-18-9-11/h1-5,8-9,12H,6-7H2,(H,16,17). The number of aliphatic carboxylic acids is 1. The van der Waals surface area contributed by atoms with Crippen LogP contribution in [0.4, 0.5) is 0 Å². The van der Waals surface area contributed by atoms with Crippen molar-refractivity contribution in [3.05, 3.63) is 59.0 Å². The summed E-state index contributed by atoms with van der Waals surface area (Å²) in [7, 11) is 0. The zero-order chi connectivity index (χ0) is 13.0. The van der Waals surface area contributed by atoms with Crippen LogP contribution in [0.3, 0.4) is 0 Å². The average Bonchev–Trinajstić information content (AvgIpc) is 2.81. The number of hydrogen-bond acceptors (Lipinski definition) is 2. The molecule has 0 spiro atoms. The molecule has 1 heterocycles. The van der Waals surface area contributed by atoms with Gasteiger partial charge in [0, 0.05) is 5.02 Å². The topological polar surface area (TPSA) is 50.4 Å². The third-order valence-electron chi connectivity index (χ3n) is 2.78. The summed E-state index contributed by atoms with van der Waals surface area (Å²) < 4.78 is 4.95. The first-order valence-electron chi connectivity index (χ1n) is 5.63. The number of furan rings is 1. The fraction of sp³-hybridized carbons (Fsp3) is 0.214. The van der Waals surface area contributed by atoms with E-state index < -0.39 is 11.9 Å². The van der Waals surface area contributed by atoms with E-state index in [-0.39, 0.29) is 0 Å². The Bertz CT molecular complexity index is 520. The zero-order valence-electron chi connectivity index (χ0n) is 9.67. The number of carboxylic acid groups (broad SMARTS) is 1. The Morgan fingerprint density at radius 2 is 2.06 bits per heavy atom. The first-order valence-corrected chi connectivity index (χ1v) is 6.01. The molecule has 2 aromatic rings. The van der Waals surface area contributed by atoms with Crippen molar-refractivity contribution >= 4 is 17.6 Å². The lowest BCUT2D eigenvalue weighted by Gasteiger charge is -2.11. The second kappa shape index (κ2) is 5.74. The fourth-order valence-electron chi connectivity index (χ4n) is 1.89. The summed E-state index contributed by atoms with van der Waals surface area (Å²) in [6.45, 7) is 0. The molecule has 0 radical (unpaired) electrons. The largest absolute Gasteiger partial charge is 0.481 e. The van der Waals surface area contributed by atoms with E-state index in [0.29, 0.717) is 17.9 Å². The van der Waals surface area contributed by atoms with Crippen molar-refractivity contribution in [3.63, 3.8) is 0 Å². The van der Waals surface area contributed by atoms with E-state index in [1.165, 1.54) is 0 Å². The Morgan fingerprint density at radius 1 is 1.28 bits per heavy atom. The number of carboxylic acids is 1. The highest BCUT2D eigenvalue weighted by molar-refractivity contribution is 6.30. The molecule has 0 saturated carbocycles. The van der Waals surface area contributed by atoms with Crippen LogP contribution >= 0.6 is 11.6 Å². The van der Waals surface area contributed by atoms with Gasteiger partial charge in [-0.3, -0.25) is 4.79 Å². The summed E-state index contributed by atoms with van der Waals surface area (Å²) in [5, 5.41) is 9.86. The quantitative estimate of drug-likeness (QED) is 0.900. The van der Waals surface area contributed by atoms with Crippen LogP contribution in [0.2, 0.25) is 5.02 Å². The molecule has 0 aliphatic carbocycles. The van der Waals surface area contributed by atoms with Gasteiger partial charge in [-0.05, 0) is 42.2 Å². The molecule has 2 rings (SSSR count). The molecule has 1 aromatic heterocycles. The average molecular weight is 265 g/mol. The van der Waals surface area contributed by atoms with Gasteiger partial charge in [0.1, 0.15) is 0 Å². The third-order valence-corrected chi connectivity index (χ3v) is 3.02. The maximum atomic E-state index is 11.3. The van der Waals surface area contributed by atoms with Gasteiger partial charge < -0.3 is 9.52 Å². The number of benzene rings is 1. The molecule has 94 valence electrons. The van der Waals surface area contributed by atoms with Gasteiger partial charge in [-0.15, -0.1) is 0 Å². The summed E-state index contributed by atoms with van der Waals surface area (Å²) in [5.41, 5.74) is 1.82. The second-order valence-electron chi connectivity index (χ2n) is 4.20. The van der Waals surface area contributed by atoms with Crippen molar-refractivity contribution in [1.82, 2.24) is 0 Å². The van der Waals surface area contributed by atoms with Crippen molar-refractivity contribution in [1.29, 1.82) is 0 Å². The highest BCUT2D eigenvalue weighted by Gasteiger charge is 2.19. The van der Waals surface area contributed by atoms with Crippen LogP contribution in [0.5, 0.6) is 0 Å². The van der Waals surface area contributed by atoms with Crippen LogP contribution in [-0.2, 0) is 17.6 Å². The Labute approximate surface area is 110 Å². The van der Waals surface area contributed by atoms with Crippen molar-refractivity contribution in [2.75, 3.05) is 0 Å². The number of carbonyl (C=O) groups is 1. The summed E-state index contributed by atoms with van der Waals surface area (Å²) in [5.74, 6) is -1.28. The molecule has 1 N–H and O–H groups in total. The van der Waals surface area contributed by atoms with E-state index >= 15 is 0 Å². The van der Waals surface area contributed by atoms with Crippen molar-refractivity contribution in [2.24, 2.45) is 5.92 Å². The van der Waals surface area contributed by atoms with Crippen molar-refractivity contribution < 1.29 is 14.3 Å². The van der Waals surface area contributed by atoms with Crippen molar-refractivity contribution in [2.45, 2.75) is 12.8 Å². The highest BCUT2D eigenvalue weighted by Crippen LogP contribution is 2.18. The molecular weight excluding hydrogens is 252 g/mol. The summed E-state index contributed by atoms with van der Waals surface area (Å²) >= 11 is 5.89. The minimum Gasteiger partial charge on any atom is -0.481 e. The van der Waals surface area contributed by atoms with Gasteiger partial charge in [-0.2, -0.15) is 0 Å². The summed E-state index contributed by atoms with van der Waals surface area (Å²) in [6, 6.07) is 9.07. The molecule has 0 aliphatic rings. The Morgan fingerprint density at radius 3 is 2.67 bits per heavy atom. The minimum absolute atomic E-state index is 0.457. The molecular formula is C14H13ClO3. The highest BCUT2D eigenvalue weighted by atomic mass is 35.5. The van der Waals surface area contributed by atoms with Gasteiger partial charge >= 0.3 is 5.97 Å². The molecule has 0 amide bonds. The van der Waals surface area contributed by atoms with Crippen LogP contribution in [0.15, 0.2) is 47.3 Å². The van der Waals surface area contributed by atoms with Gasteiger partial charge in [-0.25, -0.2) is 0 Å². The molecule has 1 unspecified atom stereocenters. The number of rotatable bonds is 5. The number of hydrogen-bond donors (Lipinski definition) is 1. The first-order chi connectivity index (χ1) is 8.65. The van der Waals surface area contributed by atoms with Crippen molar-refractivity contribution in [3.8, 4) is 0 Å². The van der Waals surface area contributed by atoms with E-state index in [1.54, 1.807) is 30.7 Å². The monoisotopic (exact) mass is 264 g/mol. The smallest absolute Gasteiger partial charge is 0.307 e. The van der Waals surface area contributed by atoms with Gasteiger partial charge in [-0.1, -0.05) is 23.7 Å². The van der Waals surface area contributed by atoms with Gasteiger partial charge in [0.2, 0.25) is 0 Å². The Kier molecular flexibility index (Phi) is 4.05. The molecule has 18 heavy (non-hydrogen) atoms. The lowest BCUT2D eigenvalue weighted by molar-refractivity contribution is -0.141. The molecule has 0 fully saturated rings. The lowest BCUT2D eigenvalue weighted by Crippen LogP contribution is -2.18.